The predicted octanol–water partition coefficient (Wildman–Crippen LogP) is 1.87. The lowest BCUT2D eigenvalue weighted by Crippen LogP contribution is -2.03. The van der Waals surface area contributed by atoms with Crippen LogP contribution in [0.3, 0.4) is 0 Å². The maximum atomic E-state index is 10.7. The van der Waals surface area contributed by atoms with Crippen molar-refractivity contribution in [3.63, 3.8) is 0 Å². The van der Waals surface area contributed by atoms with Gasteiger partial charge >= 0.3 is 5.97 Å². The fourth-order valence-electron chi connectivity index (χ4n) is 1.61. The number of aromatic nitrogens is 1. The number of fused-ring (bicyclic) bond motifs is 1. The molecule has 1 N–H and O–H groups in total. The minimum absolute atomic E-state index is 0.0823. The fourth-order valence-corrected chi connectivity index (χ4v) is 1.61. The van der Waals surface area contributed by atoms with E-state index in [4.69, 9.17) is 9.84 Å². The Labute approximate surface area is 92.5 Å². The van der Waals surface area contributed by atoms with Crippen LogP contribution in [-0.4, -0.2) is 23.2 Å². The van der Waals surface area contributed by atoms with E-state index in [9.17, 15) is 4.79 Å². The standard InChI is InChI=1S/C12H11NO3/c1-16-12-9(7-11(14)15)6-8-4-2-3-5-10(8)13-12/h2-6H,7H2,1H3,(H,14,15). The van der Waals surface area contributed by atoms with Gasteiger partial charge in [-0.1, -0.05) is 18.2 Å². The molecule has 0 spiro atoms. The van der Waals surface area contributed by atoms with Crippen LogP contribution in [0.5, 0.6) is 5.88 Å². The van der Waals surface area contributed by atoms with Crippen molar-refractivity contribution >= 4 is 16.9 Å². The van der Waals surface area contributed by atoms with Gasteiger partial charge in [0.25, 0.3) is 0 Å². The normalized spacial score (nSPS) is 10.3. The maximum Gasteiger partial charge on any atom is 0.308 e. The number of hydrogen-bond donors (Lipinski definition) is 1. The third-order valence-electron chi connectivity index (χ3n) is 2.30. The van der Waals surface area contributed by atoms with E-state index in [1.807, 2.05) is 24.3 Å². The number of nitrogens with zero attached hydrogens (tertiary/aromatic N) is 1. The number of aliphatic carboxylic acids is 1. The summed E-state index contributed by atoms with van der Waals surface area (Å²) in [5.74, 6) is -0.517. The quantitative estimate of drug-likeness (QED) is 0.852. The number of benzene rings is 1. The molecule has 2 rings (SSSR count). The number of para-hydroxylation sites is 1. The van der Waals surface area contributed by atoms with Gasteiger partial charge in [-0.15, -0.1) is 0 Å². The van der Waals surface area contributed by atoms with Crippen molar-refractivity contribution in [2.75, 3.05) is 7.11 Å². The van der Waals surface area contributed by atoms with Crippen LogP contribution in [0.4, 0.5) is 0 Å². The van der Waals surface area contributed by atoms with Crippen LogP contribution in [-0.2, 0) is 11.2 Å². The maximum absolute atomic E-state index is 10.7. The smallest absolute Gasteiger partial charge is 0.308 e. The lowest BCUT2D eigenvalue weighted by molar-refractivity contribution is -0.136. The molecular formula is C12H11NO3. The van der Waals surface area contributed by atoms with E-state index in [1.54, 1.807) is 6.07 Å². The van der Waals surface area contributed by atoms with Gasteiger partial charge in [0.1, 0.15) is 0 Å². The van der Waals surface area contributed by atoms with Crippen molar-refractivity contribution in [3.8, 4) is 5.88 Å². The van der Waals surface area contributed by atoms with Crippen LogP contribution < -0.4 is 4.74 Å². The average Bonchev–Trinajstić information content (AvgIpc) is 2.27. The van der Waals surface area contributed by atoms with Crippen LogP contribution in [0.15, 0.2) is 30.3 Å². The van der Waals surface area contributed by atoms with Gasteiger partial charge in [0, 0.05) is 10.9 Å². The topological polar surface area (TPSA) is 59.4 Å². The molecule has 0 aliphatic heterocycles. The van der Waals surface area contributed by atoms with E-state index in [2.05, 4.69) is 4.98 Å². The second-order valence-corrected chi connectivity index (χ2v) is 3.42. The molecule has 0 saturated carbocycles. The molecule has 82 valence electrons. The highest BCUT2D eigenvalue weighted by Crippen LogP contribution is 2.22. The second-order valence-electron chi connectivity index (χ2n) is 3.42. The molecule has 4 heteroatoms. The Kier molecular flexibility index (Phi) is 2.72. The molecule has 0 saturated heterocycles. The van der Waals surface area contributed by atoms with Gasteiger partial charge in [0.05, 0.1) is 19.0 Å². The third kappa shape index (κ3) is 1.95. The van der Waals surface area contributed by atoms with Crippen molar-refractivity contribution in [1.82, 2.24) is 4.98 Å². The van der Waals surface area contributed by atoms with E-state index in [0.717, 1.165) is 10.9 Å². The number of ether oxygens (including phenoxy) is 1. The zero-order valence-electron chi connectivity index (χ0n) is 8.80. The first-order valence-electron chi connectivity index (χ1n) is 4.85. The molecule has 4 nitrogen and oxygen atoms in total. The van der Waals surface area contributed by atoms with Gasteiger partial charge in [0.2, 0.25) is 5.88 Å². The zero-order chi connectivity index (χ0) is 11.5. The number of carbonyl (C=O) groups is 1. The second kappa shape index (κ2) is 4.18. The summed E-state index contributed by atoms with van der Waals surface area (Å²) in [6.07, 6.45) is -0.0823. The summed E-state index contributed by atoms with van der Waals surface area (Å²) in [7, 11) is 1.49. The van der Waals surface area contributed by atoms with Gasteiger partial charge in [0.15, 0.2) is 0 Å². The summed E-state index contributed by atoms with van der Waals surface area (Å²) >= 11 is 0. The Bertz CT molecular complexity index is 537. The van der Waals surface area contributed by atoms with E-state index >= 15 is 0 Å². The molecule has 0 aliphatic rings. The van der Waals surface area contributed by atoms with Crippen molar-refractivity contribution in [3.05, 3.63) is 35.9 Å². The monoisotopic (exact) mass is 217 g/mol. The fraction of sp³-hybridized carbons (Fsp3) is 0.167. The van der Waals surface area contributed by atoms with Crippen molar-refractivity contribution in [2.24, 2.45) is 0 Å². The van der Waals surface area contributed by atoms with Gasteiger partial charge in [-0.2, -0.15) is 0 Å². The Hall–Kier alpha value is -2.10. The SMILES string of the molecule is COc1nc2ccccc2cc1CC(=O)O. The van der Waals surface area contributed by atoms with Gasteiger partial charge in [-0.3, -0.25) is 4.79 Å². The highest BCUT2D eigenvalue weighted by molar-refractivity contribution is 5.82. The van der Waals surface area contributed by atoms with Gasteiger partial charge < -0.3 is 9.84 Å². The van der Waals surface area contributed by atoms with Crippen LogP contribution in [0.25, 0.3) is 10.9 Å². The molecule has 0 bridgehead atoms. The molecule has 0 amide bonds. The molecule has 16 heavy (non-hydrogen) atoms. The summed E-state index contributed by atoms with van der Waals surface area (Å²) in [6, 6.07) is 9.33. The van der Waals surface area contributed by atoms with Crippen molar-refractivity contribution < 1.29 is 14.6 Å². The Morgan fingerprint density at radius 1 is 1.44 bits per heavy atom. The summed E-state index contributed by atoms with van der Waals surface area (Å²) in [5, 5.41) is 9.69. The van der Waals surface area contributed by atoms with E-state index < -0.39 is 5.97 Å². The summed E-state index contributed by atoms with van der Waals surface area (Å²) in [6.45, 7) is 0. The molecule has 0 radical (unpaired) electrons. The molecular weight excluding hydrogens is 206 g/mol. The third-order valence-corrected chi connectivity index (χ3v) is 2.30. The Morgan fingerprint density at radius 2 is 2.19 bits per heavy atom. The number of hydrogen-bond acceptors (Lipinski definition) is 3. The number of methoxy groups -OCH3 is 1. The Morgan fingerprint density at radius 3 is 2.88 bits per heavy atom. The molecule has 1 heterocycles. The largest absolute Gasteiger partial charge is 0.481 e. The van der Waals surface area contributed by atoms with E-state index in [-0.39, 0.29) is 6.42 Å². The first-order chi connectivity index (χ1) is 7.70. The molecule has 1 aromatic carbocycles. The lowest BCUT2D eigenvalue weighted by Gasteiger charge is -2.07. The summed E-state index contributed by atoms with van der Waals surface area (Å²) < 4.78 is 5.08. The lowest BCUT2D eigenvalue weighted by atomic mass is 10.1. The zero-order valence-corrected chi connectivity index (χ0v) is 8.80. The molecule has 0 aliphatic carbocycles. The minimum atomic E-state index is -0.893. The Balaban J connectivity index is 2.58. The van der Waals surface area contributed by atoms with Crippen LogP contribution >= 0.6 is 0 Å². The number of carboxylic acids is 1. The average molecular weight is 217 g/mol. The van der Waals surface area contributed by atoms with Crippen LogP contribution in [0, 0.1) is 0 Å². The number of pyridine rings is 1. The highest BCUT2D eigenvalue weighted by atomic mass is 16.5. The molecule has 2 aromatic rings. The van der Waals surface area contributed by atoms with E-state index in [1.165, 1.54) is 7.11 Å². The van der Waals surface area contributed by atoms with Crippen LogP contribution in [0.1, 0.15) is 5.56 Å². The van der Waals surface area contributed by atoms with E-state index in [0.29, 0.717) is 11.4 Å². The van der Waals surface area contributed by atoms with Gasteiger partial charge in [-0.25, -0.2) is 4.98 Å². The van der Waals surface area contributed by atoms with Crippen molar-refractivity contribution in [1.29, 1.82) is 0 Å². The first-order valence-corrected chi connectivity index (χ1v) is 4.85. The molecule has 0 atom stereocenters. The van der Waals surface area contributed by atoms with Gasteiger partial charge in [-0.05, 0) is 12.1 Å². The number of carboxylic acid groups (broad SMARTS) is 1. The van der Waals surface area contributed by atoms with Crippen LogP contribution in [0.2, 0.25) is 0 Å². The molecule has 0 unspecified atom stereocenters. The number of rotatable bonds is 3. The van der Waals surface area contributed by atoms with Crippen molar-refractivity contribution in [2.45, 2.75) is 6.42 Å². The summed E-state index contributed by atoms with van der Waals surface area (Å²) in [5.41, 5.74) is 1.39. The molecule has 1 aromatic heterocycles. The summed E-state index contributed by atoms with van der Waals surface area (Å²) in [4.78, 5) is 15.0. The first kappa shape index (κ1) is 10.4. The minimum Gasteiger partial charge on any atom is -0.481 e. The highest BCUT2D eigenvalue weighted by Gasteiger charge is 2.10. The molecule has 0 fully saturated rings. The predicted molar refractivity (Wildman–Crippen MR) is 59.6 cm³/mol.